The van der Waals surface area contributed by atoms with Gasteiger partial charge in [-0.1, -0.05) is 12.1 Å². The number of thioether (sulfide) groups is 1. The van der Waals surface area contributed by atoms with E-state index >= 15 is 0 Å². The fraction of sp³-hybridized carbons (Fsp3) is 0.200. The van der Waals surface area contributed by atoms with Crippen molar-refractivity contribution in [3.05, 3.63) is 65.2 Å². The minimum absolute atomic E-state index is 0.0943. The molecule has 0 aromatic heterocycles. The molecule has 2 aromatic carbocycles. The van der Waals surface area contributed by atoms with Gasteiger partial charge in [-0.2, -0.15) is 11.8 Å². The number of ketones is 1. The van der Waals surface area contributed by atoms with E-state index in [1.807, 2.05) is 6.26 Å². The largest absolute Gasteiger partial charge is 0.482 e. The van der Waals surface area contributed by atoms with E-state index in [2.05, 4.69) is 5.32 Å². The number of carbonyl (C=O) groups is 3. The van der Waals surface area contributed by atoms with Gasteiger partial charge in [0.25, 0.3) is 5.91 Å². The predicted molar refractivity (Wildman–Crippen MR) is 111 cm³/mol. The highest BCUT2D eigenvalue weighted by Crippen LogP contribution is 2.15. The minimum atomic E-state index is -1.09. The van der Waals surface area contributed by atoms with Crippen LogP contribution in [0.4, 0.5) is 0 Å². The first-order chi connectivity index (χ1) is 13.8. The second kappa shape index (κ2) is 10.3. The van der Waals surface area contributed by atoms with E-state index in [4.69, 9.17) is 21.0 Å². The van der Waals surface area contributed by atoms with Gasteiger partial charge >= 0.3 is 5.97 Å². The Balaban J connectivity index is 2.09. The van der Waals surface area contributed by atoms with Crippen LogP contribution in [0.25, 0.3) is 0 Å². The topological polar surface area (TPSA) is 143 Å². The molecule has 0 spiro atoms. The molecule has 1 unspecified atom stereocenters. The summed E-state index contributed by atoms with van der Waals surface area (Å²) in [6.45, 7) is -0.471. The van der Waals surface area contributed by atoms with Crippen LogP contribution < -0.4 is 15.8 Å². The lowest BCUT2D eigenvalue weighted by molar-refractivity contribution is -0.139. The highest BCUT2D eigenvalue weighted by molar-refractivity contribution is 7.98. The molecule has 0 aliphatic heterocycles. The van der Waals surface area contributed by atoms with Crippen molar-refractivity contribution in [2.24, 2.45) is 5.73 Å². The Hall–Kier alpha value is -3.33. The van der Waals surface area contributed by atoms with Crippen molar-refractivity contribution in [3.63, 3.8) is 0 Å². The van der Waals surface area contributed by atoms with Crippen molar-refractivity contribution >= 4 is 35.3 Å². The fourth-order valence-corrected chi connectivity index (χ4v) is 3.02. The van der Waals surface area contributed by atoms with Crippen LogP contribution in [-0.2, 0) is 4.79 Å². The number of nitrogens with one attached hydrogen (secondary N) is 2. The van der Waals surface area contributed by atoms with E-state index in [1.165, 1.54) is 36.0 Å². The maximum absolute atomic E-state index is 12.8. The van der Waals surface area contributed by atoms with Crippen LogP contribution in [0.1, 0.15) is 26.3 Å². The molecule has 2 rings (SSSR count). The SMILES string of the molecule is CSCC(NC(=O)c1ccc(C(=N)N)cc1)C(=O)c1ccc(OCC(=O)O)cc1. The van der Waals surface area contributed by atoms with Crippen molar-refractivity contribution < 1.29 is 24.2 Å². The smallest absolute Gasteiger partial charge is 0.341 e. The Labute approximate surface area is 171 Å². The monoisotopic (exact) mass is 415 g/mol. The molecule has 5 N–H and O–H groups in total. The molecule has 0 saturated heterocycles. The average Bonchev–Trinajstić information content (AvgIpc) is 2.71. The van der Waals surface area contributed by atoms with Crippen LogP contribution in [0.3, 0.4) is 0 Å². The minimum Gasteiger partial charge on any atom is -0.482 e. The zero-order valence-electron chi connectivity index (χ0n) is 15.7. The number of nitrogen functional groups attached to an aromatic ring is 1. The molecular weight excluding hydrogens is 394 g/mol. The Kier molecular flexibility index (Phi) is 7.79. The Morgan fingerprint density at radius 1 is 1.07 bits per heavy atom. The summed E-state index contributed by atoms with van der Waals surface area (Å²) in [6, 6.07) is 11.6. The van der Waals surface area contributed by atoms with E-state index in [-0.39, 0.29) is 11.6 Å². The van der Waals surface area contributed by atoms with Gasteiger partial charge < -0.3 is 20.9 Å². The summed E-state index contributed by atoms with van der Waals surface area (Å²) >= 11 is 1.42. The first-order valence-electron chi connectivity index (χ1n) is 8.55. The van der Waals surface area contributed by atoms with Gasteiger partial charge in [0.05, 0.1) is 0 Å². The summed E-state index contributed by atoms with van der Waals surface area (Å²) in [5, 5.41) is 18.8. The van der Waals surface area contributed by atoms with Gasteiger partial charge in [-0.05, 0) is 42.7 Å². The van der Waals surface area contributed by atoms with Gasteiger partial charge in [-0.3, -0.25) is 15.0 Å². The molecule has 9 heteroatoms. The summed E-state index contributed by atoms with van der Waals surface area (Å²) in [5.74, 6) is -1.15. The molecule has 0 fully saturated rings. The highest BCUT2D eigenvalue weighted by atomic mass is 32.2. The Bertz CT molecular complexity index is 897. The fourth-order valence-electron chi connectivity index (χ4n) is 2.45. The van der Waals surface area contributed by atoms with Crippen LogP contribution in [0.15, 0.2) is 48.5 Å². The summed E-state index contributed by atoms with van der Waals surface area (Å²) in [5.41, 5.74) is 6.64. The van der Waals surface area contributed by atoms with Crippen LogP contribution in [0, 0.1) is 5.41 Å². The van der Waals surface area contributed by atoms with E-state index in [0.717, 1.165) is 0 Å². The molecule has 0 bridgehead atoms. The van der Waals surface area contributed by atoms with E-state index in [1.54, 1.807) is 24.3 Å². The van der Waals surface area contributed by atoms with Gasteiger partial charge in [0.2, 0.25) is 0 Å². The Morgan fingerprint density at radius 2 is 1.62 bits per heavy atom. The molecule has 29 heavy (non-hydrogen) atoms. The van der Waals surface area contributed by atoms with E-state index < -0.39 is 24.5 Å². The first kappa shape index (κ1) is 22.0. The third-order valence-corrected chi connectivity index (χ3v) is 4.58. The van der Waals surface area contributed by atoms with Gasteiger partial charge in [0, 0.05) is 22.4 Å². The third kappa shape index (κ3) is 6.35. The quantitative estimate of drug-likeness (QED) is 0.263. The number of amides is 1. The number of amidine groups is 1. The molecule has 1 amide bonds. The van der Waals surface area contributed by atoms with Gasteiger partial charge in [0.1, 0.15) is 17.6 Å². The number of carbonyl (C=O) groups excluding carboxylic acids is 2. The van der Waals surface area contributed by atoms with Gasteiger partial charge in [0.15, 0.2) is 12.4 Å². The molecule has 0 aliphatic rings. The van der Waals surface area contributed by atoms with Crippen LogP contribution in [0.5, 0.6) is 5.75 Å². The van der Waals surface area contributed by atoms with Gasteiger partial charge in [-0.15, -0.1) is 0 Å². The summed E-state index contributed by atoms with van der Waals surface area (Å²) in [7, 11) is 0. The molecule has 0 radical (unpaired) electrons. The lowest BCUT2D eigenvalue weighted by Crippen LogP contribution is -2.42. The number of benzene rings is 2. The number of ether oxygens (including phenoxy) is 1. The standard InChI is InChI=1S/C20H21N3O5S/c1-29-11-16(23-20(27)14-4-2-13(3-5-14)19(21)22)18(26)12-6-8-15(9-7-12)28-10-17(24)25/h2-9,16H,10-11H2,1H3,(H3,21,22)(H,23,27)(H,24,25). The van der Waals surface area contributed by atoms with Crippen molar-refractivity contribution in [3.8, 4) is 5.75 Å². The highest BCUT2D eigenvalue weighted by Gasteiger charge is 2.22. The number of rotatable bonds is 10. The molecule has 0 heterocycles. The molecule has 2 aromatic rings. The van der Waals surface area contributed by atoms with Crippen LogP contribution >= 0.6 is 11.8 Å². The normalized spacial score (nSPS) is 11.3. The van der Waals surface area contributed by atoms with Crippen molar-refractivity contribution in [1.29, 1.82) is 5.41 Å². The molecule has 0 aliphatic carbocycles. The molecular formula is C20H21N3O5S. The predicted octanol–water partition coefficient (Wildman–Crippen LogP) is 1.78. The maximum atomic E-state index is 12.8. The number of carboxylic acids is 1. The molecule has 1 atom stereocenters. The van der Waals surface area contributed by atoms with Crippen molar-refractivity contribution in [2.45, 2.75) is 6.04 Å². The Morgan fingerprint density at radius 3 is 2.14 bits per heavy atom. The third-order valence-electron chi connectivity index (χ3n) is 3.91. The molecule has 152 valence electrons. The van der Waals surface area contributed by atoms with Crippen molar-refractivity contribution in [1.82, 2.24) is 5.32 Å². The van der Waals surface area contributed by atoms with Crippen LogP contribution in [-0.4, -0.2) is 53.3 Å². The second-order valence-corrected chi connectivity index (χ2v) is 6.95. The lowest BCUT2D eigenvalue weighted by Gasteiger charge is -2.17. The number of hydrogen-bond acceptors (Lipinski definition) is 6. The van der Waals surface area contributed by atoms with E-state index in [9.17, 15) is 14.4 Å². The average molecular weight is 415 g/mol. The number of aliphatic carboxylic acids is 1. The number of nitrogens with two attached hydrogens (primary N) is 1. The second-order valence-electron chi connectivity index (χ2n) is 6.04. The van der Waals surface area contributed by atoms with E-state index in [0.29, 0.717) is 28.2 Å². The zero-order valence-corrected chi connectivity index (χ0v) is 16.5. The maximum Gasteiger partial charge on any atom is 0.341 e. The number of Topliss-reactive ketones (excluding diaryl/α,β-unsaturated/α-hetero) is 1. The first-order valence-corrected chi connectivity index (χ1v) is 9.94. The zero-order chi connectivity index (χ0) is 21.4. The van der Waals surface area contributed by atoms with Crippen LogP contribution in [0.2, 0.25) is 0 Å². The summed E-state index contributed by atoms with van der Waals surface area (Å²) in [6.07, 6.45) is 1.83. The molecule has 0 saturated carbocycles. The van der Waals surface area contributed by atoms with Crippen molar-refractivity contribution in [2.75, 3.05) is 18.6 Å². The number of hydrogen-bond donors (Lipinski definition) is 4. The van der Waals surface area contributed by atoms with Gasteiger partial charge in [-0.25, -0.2) is 4.79 Å². The number of carboxylic acid groups (broad SMARTS) is 1. The summed E-state index contributed by atoms with van der Waals surface area (Å²) < 4.78 is 5.05. The molecule has 8 nitrogen and oxygen atoms in total. The lowest BCUT2D eigenvalue weighted by atomic mass is 10.0. The summed E-state index contributed by atoms with van der Waals surface area (Å²) in [4.78, 5) is 35.9.